The zero-order valence-corrected chi connectivity index (χ0v) is 12.5. The van der Waals surface area contributed by atoms with Crippen molar-refractivity contribution in [3.63, 3.8) is 0 Å². The molecule has 0 bridgehead atoms. The quantitative estimate of drug-likeness (QED) is 0.756. The second kappa shape index (κ2) is 6.95. The molecule has 1 aliphatic rings. The molecule has 1 aromatic carbocycles. The minimum Gasteiger partial charge on any atom is -0.490 e. The average Bonchev–Trinajstić information content (AvgIpc) is 2.80. The molecular weight excluding hydrogens is 234 g/mol. The van der Waals surface area contributed by atoms with Crippen LogP contribution in [-0.2, 0) is 6.42 Å². The molecule has 0 saturated heterocycles. The van der Waals surface area contributed by atoms with Crippen LogP contribution in [0.4, 0.5) is 0 Å². The molecule has 2 nitrogen and oxygen atoms in total. The Hall–Kier alpha value is -1.02. The van der Waals surface area contributed by atoms with Crippen molar-refractivity contribution >= 4 is 0 Å². The number of rotatable bonds is 7. The van der Waals surface area contributed by atoms with Crippen LogP contribution in [0.25, 0.3) is 0 Å². The number of benzene rings is 1. The molecule has 1 N–H and O–H groups in total. The fraction of sp³-hybridized carbons (Fsp3) is 0.647. The number of nitrogens with one attached hydrogen (secondary N) is 1. The fourth-order valence-electron chi connectivity index (χ4n) is 2.78. The lowest BCUT2D eigenvalue weighted by atomic mass is 9.89. The second-order valence-corrected chi connectivity index (χ2v) is 6.00. The molecule has 19 heavy (non-hydrogen) atoms. The largest absolute Gasteiger partial charge is 0.490 e. The molecule has 0 fully saturated rings. The maximum atomic E-state index is 6.07. The van der Waals surface area contributed by atoms with Crippen LogP contribution in [0, 0.1) is 11.8 Å². The van der Waals surface area contributed by atoms with Crippen LogP contribution < -0.4 is 10.1 Å². The van der Waals surface area contributed by atoms with Crippen molar-refractivity contribution in [2.75, 3.05) is 13.1 Å². The van der Waals surface area contributed by atoms with Gasteiger partial charge >= 0.3 is 0 Å². The molecule has 2 atom stereocenters. The zero-order chi connectivity index (χ0) is 13.7. The number of ether oxygens (including phenoxy) is 1. The molecule has 0 aromatic heterocycles. The smallest absolute Gasteiger partial charge is 0.123 e. The predicted molar refractivity (Wildman–Crippen MR) is 80.7 cm³/mol. The van der Waals surface area contributed by atoms with E-state index in [4.69, 9.17) is 4.74 Å². The van der Waals surface area contributed by atoms with E-state index in [-0.39, 0.29) is 0 Å². The summed E-state index contributed by atoms with van der Waals surface area (Å²) in [6.07, 6.45) is 3.81. The Morgan fingerprint density at radius 3 is 2.79 bits per heavy atom. The fourth-order valence-corrected chi connectivity index (χ4v) is 2.78. The molecule has 0 amide bonds. The molecule has 2 rings (SSSR count). The van der Waals surface area contributed by atoms with Crippen LogP contribution in [0.2, 0.25) is 0 Å². The Kier molecular flexibility index (Phi) is 5.26. The van der Waals surface area contributed by atoms with E-state index in [0.717, 1.165) is 31.7 Å². The van der Waals surface area contributed by atoms with Gasteiger partial charge in [-0.05, 0) is 49.4 Å². The van der Waals surface area contributed by atoms with Gasteiger partial charge in [0, 0.05) is 6.42 Å². The highest BCUT2D eigenvalue weighted by molar-refractivity contribution is 5.37. The minimum absolute atomic E-state index is 0.369. The Morgan fingerprint density at radius 2 is 2.11 bits per heavy atom. The number of para-hydroxylation sites is 1. The van der Waals surface area contributed by atoms with Crippen LogP contribution in [-0.4, -0.2) is 19.2 Å². The molecule has 2 unspecified atom stereocenters. The van der Waals surface area contributed by atoms with Gasteiger partial charge in [0.15, 0.2) is 0 Å². The third-order valence-corrected chi connectivity index (χ3v) is 4.06. The first-order chi connectivity index (χ1) is 9.20. The molecule has 1 aliphatic heterocycles. The highest BCUT2D eigenvalue weighted by atomic mass is 16.5. The van der Waals surface area contributed by atoms with E-state index in [1.807, 2.05) is 0 Å². The highest BCUT2D eigenvalue weighted by Crippen LogP contribution is 2.32. The second-order valence-electron chi connectivity index (χ2n) is 6.00. The lowest BCUT2D eigenvalue weighted by Crippen LogP contribution is -2.31. The monoisotopic (exact) mass is 261 g/mol. The topological polar surface area (TPSA) is 21.3 Å². The van der Waals surface area contributed by atoms with Gasteiger partial charge in [-0.3, -0.25) is 0 Å². The van der Waals surface area contributed by atoms with Crippen LogP contribution in [0.3, 0.4) is 0 Å². The Balaban J connectivity index is 1.86. The van der Waals surface area contributed by atoms with Crippen molar-refractivity contribution < 1.29 is 4.74 Å². The van der Waals surface area contributed by atoms with Crippen LogP contribution in [0.1, 0.15) is 39.2 Å². The van der Waals surface area contributed by atoms with E-state index in [0.29, 0.717) is 17.9 Å². The molecule has 1 aromatic rings. The van der Waals surface area contributed by atoms with Gasteiger partial charge in [-0.1, -0.05) is 39.0 Å². The van der Waals surface area contributed by atoms with E-state index in [1.54, 1.807) is 0 Å². The van der Waals surface area contributed by atoms with Gasteiger partial charge in [0.2, 0.25) is 0 Å². The van der Waals surface area contributed by atoms with E-state index in [9.17, 15) is 0 Å². The molecule has 106 valence electrons. The van der Waals surface area contributed by atoms with E-state index < -0.39 is 0 Å². The molecule has 0 radical (unpaired) electrons. The molecule has 0 aliphatic carbocycles. The Labute approximate surface area is 117 Å². The average molecular weight is 261 g/mol. The summed E-state index contributed by atoms with van der Waals surface area (Å²) >= 11 is 0. The molecule has 1 heterocycles. The van der Waals surface area contributed by atoms with Crippen molar-refractivity contribution in [1.82, 2.24) is 5.32 Å². The molecule has 0 saturated carbocycles. The van der Waals surface area contributed by atoms with Gasteiger partial charge in [-0.15, -0.1) is 0 Å². The minimum atomic E-state index is 0.369. The number of hydrogen-bond donors (Lipinski definition) is 1. The highest BCUT2D eigenvalue weighted by Gasteiger charge is 2.26. The maximum absolute atomic E-state index is 6.07. The maximum Gasteiger partial charge on any atom is 0.123 e. The summed E-state index contributed by atoms with van der Waals surface area (Å²) in [6, 6.07) is 8.45. The first-order valence-electron chi connectivity index (χ1n) is 7.66. The van der Waals surface area contributed by atoms with Crippen LogP contribution in [0.15, 0.2) is 24.3 Å². The van der Waals surface area contributed by atoms with Crippen molar-refractivity contribution in [1.29, 1.82) is 0 Å². The lowest BCUT2D eigenvalue weighted by molar-refractivity contribution is 0.173. The third kappa shape index (κ3) is 3.97. The number of hydrogen-bond acceptors (Lipinski definition) is 2. The van der Waals surface area contributed by atoms with E-state index in [2.05, 4.69) is 50.4 Å². The Morgan fingerprint density at radius 1 is 1.32 bits per heavy atom. The summed E-state index contributed by atoms with van der Waals surface area (Å²) in [6.45, 7) is 9.09. The zero-order valence-electron chi connectivity index (χ0n) is 12.5. The van der Waals surface area contributed by atoms with E-state index in [1.165, 1.54) is 12.0 Å². The van der Waals surface area contributed by atoms with Crippen molar-refractivity contribution in [2.45, 2.75) is 46.1 Å². The van der Waals surface area contributed by atoms with Gasteiger partial charge in [0.1, 0.15) is 11.9 Å². The summed E-state index contributed by atoms with van der Waals surface area (Å²) in [5.74, 6) is 2.50. The summed E-state index contributed by atoms with van der Waals surface area (Å²) in [7, 11) is 0. The molecule has 2 heteroatoms. The molecule has 0 spiro atoms. The lowest BCUT2D eigenvalue weighted by Gasteiger charge is -2.24. The first-order valence-corrected chi connectivity index (χ1v) is 7.66. The van der Waals surface area contributed by atoms with Gasteiger partial charge in [-0.25, -0.2) is 0 Å². The van der Waals surface area contributed by atoms with Crippen LogP contribution >= 0.6 is 0 Å². The van der Waals surface area contributed by atoms with Gasteiger partial charge < -0.3 is 10.1 Å². The van der Waals surface area contributed by atoms with Crippen molar-refractivity contribution in [3.05, 3.63) is 29.8 Å². The van der Waals surface area contributed by atoms with Crippen molar-refractivity contribution in [3.8, 4) is 5.75 Å². The Bertz CT molecular complexity index is 364. The normalized spacial score (nSPS) is 19.3. The van der Waals surface area contributed by atoms with Crippen molar-refractivity contribution in [2.24, 2.45) is 11.8 Å². The standard InChI is InChI=1S/C17H27NO/c1-4-9-18-12-15(13(2)3)11-16-10-14-7-5-6-8-17(14)19-16/h5-8,13,15-16,18H,4,9-12H2,1-3H3. The predicted octanol–water partition coefficient (Wildman–Crippen LogP) is 3.65. The first kappa shape index (κ1) is 14.4. The van der Waals surface area contributed by atoms with Crippen LogP contribution in [0.5, 0.6) is 5.75 Å². The van der Waals surface area contributed by atoms with Gasteiger partial charge in [0.05, 0.1) is 0 Å². The number of fused-ring (bicyclic) bond motifs is 1. The molecular formula is C17H27NO. The van der Waals surface area contributed by atoms with Gasteiger partial charge in [0.25, 0.3) is 0 Å². The van der Waals surface area contributed by atoms with Gasteiger partial charge in [-0.2, -0.15) is 0 Å². The van der Waals surface area contributed by atoms with E-state index >= 15 is 0 Å². The third-order valence-electron chi connectivity index (χ3n) is 4.06. The summed E-state index contributed by atoms with van der Waals surface area (Å²) in [5, 5.41) is 3.56. The SMILES string of the molecule is CCCNCC(CC1Cc2ccccc2O1)C(C)C. The summed E-state index contributed by atoms with van der Waals surface area (Å²) in [4.78, 5) is 0. The summed E-state index contributed by atoms with van der Waals surface area (Å²) in [5.41, 5.74) is 1.37. The summed E-state index contributed by atoms with van der Waals surface area (Å²) < 4.78 is 6.07.